The van der Waals surface area contributed by atoms with Crippen molar-refractivity contribution < 1.29 is 13.6 Å². The number of piperidine rings is 1. The number of hydrogen-bond donors (Lipinski definition) is 1. The quantitative estimate of drug-likeness (QED) is 0.868. The van der Waals surface area contributed by atoms with E-state index in [2.05, 4.69) is 0 Å². The number of benzene rings is 1. The second kappa shape index (κ2) is 5.44. The highest BCUT2D eigenvalue weighted by Crippen LogP contribution is 2.14. The van der Waals surface area contributed by atoms with Crippen LogP contribution in [0.25, 0.3) is 0 Å². The number of rotatable bonds is 2. The molecule has 0 aromatic heterocycles. The van der Waals surface area contributed by atoms with Crippen molar-refractivity contribution in [2.24, 2.45) is 5.73 Å². The smallest absolute Gasteiger partial charge is 0.227 e. The summed E-state index contributed by atoms with van der Waals surface area (Å²) in [6, 6.07) is 3.14. The molecule has 2 rings (SSSR count). The van der Waals surface area contributed by atoms with Crippen LogP contribution in [-0.2, 0) is 11.2 Å². The third-order valence-electron chi connectivity index (χ3n) is 3.16. The molecule has 98 valence electrons. The summed E-state index contributed by atoms with van der Waals surface area (Å²) >= 11 is 0. The zero-order chi connectivity index (χ0) is 13.1. The standard InChI is InChI=1S/C13H16F2N2O/c14-10-3-4-12(15)9(6-10)7-13(18)17-5-1-2-11(16)8-17/h3-4,6,11H,1-2,5,7-8,16H2/t11-/m1/s1. The van der Waals surface area contributed by atoms with E-state index in [0.717, 1.165) is 31.0 Å². The first-order valence-corrected chi connectivity index (χ1v) is 6.03. The van der Waals surface area contributed by atoms with Gasteiger partial charge in [0.05, 0.1) is 6.42 Å². The summed E-state index contributed by atoms with van der Waals surface area (Å²) in [6.07, 6.45) is 1.65. The van der Waals surface area contributed by atoms with Crippen molar-refractivity contribution >= 4 is 5.91 Å². The van der Waals surface area contributed by atoms with Crippen LogP contribution in [0.4, 0.5) is 8.78 Å². The molecule has 1 aliphatic heterocycles. The highest BCUT2D eigenvalue weighted by Gasteiger charge is 2.22. The molecule has 1 aromatic carbocycles. The van der Waals surface area contributed by atoms with Crippen molar-refractivity contribution in [1.82, 2.24) is 4.90 Å². The topological polar surface area (TPSA) is 46.3 Å². The molecule has 3 nitrogen and oxygen atoms in total. The normalized spacial score (nSPS) is 19.9. The predicted molar refractivity (Wildman–Crippen MR) is 63.9 cm³/mol. The van der Waals surface area contributed by atoms with E-state index in [1.807, 2.05) is 0 Å². The molecule has 5 heteroatoms. The molecule has 1 atom stereocenters. The van der Waals surface area contributed by atoms with Crippen LogP contribution in [0, 0.1) is 11.6 Å². The maximum Gasteiger partial charge on any atom is 0.227 e. The van der Waals surface area contributed by atoms with E-state index in [4.69, 9.17) is 5.73 Å². The fourth-order valence-corrected chi connectivity index (χ4v) is 2.19. The lowest BCUT2D eigenvalue weighted by Gasteiger charge is -2.30. The van der Waals surface area contributed by atoms with Crippen LogP contribution in [0.5, 0.6) is 0 Å². The van der Waals surface area contributed by atoms with Gasteiger partial charge in [-0.2, -0.15) is 0 Å². The first-order valence-electron chi connectivity index (χ1n) is 6.03. The lowest BCUT2D eigenvalue weighted by Crippen LogP contribution is -2.46. The lowest BCUT2D eigenvalue weighted by atomic mass is 10.0. The highest BCUT2D eigenvalue weighted by atomic mass is 19.1. The molecular weight excluding hydrogens is 238 g/mol. The van der Waals surface area contributed by atoms with Gasteiger partial charge < -0.3 is 10.6 Å². The van der Waals surface area contributed by atoms with Crippen molar-refractivity contribution in [1.29, 1.82) is 0 Å². The van der Waals surface area contributed by atoms with Gasteiger partial charge in [0.1, 0.15) is 11.6 Å². The van der Waals surface area contributed by atoms with Crippen LogP contribution in [0.1, 0.15) is 18.4 Å². The molecule has 1 heterocycles. The van der Waals surface area contributed by atoms with Gasteiger partial charge in [-0.1, -0.05) is 0 Å². The molecule has 0 unspecified atom stereocenters. The van der Waals surface area contributed by atoms with E-state index in [1.165, 1.54) is 0 Å². The Morgan fingerprint density at radius 1 is 1.44 bits per heavy atom. The van der Waals surface area contributed by atoms with Gasteiger partial charge in [-0.3, -0.25) is 4.79 Å². The predicted octanol–water partition coefficient (Wildman–Crippen LogP) is 1.46. The number of amides is 1. The highest BCUT2D eigenvalue weighted by molar-refractivity contribution is 5.79. The van der Waals surface area contributed by atoms with Crippen molar-refractivity contribution in [3.63, 3.8) is 0 Å². The third kappa shape index (κ3) is 3.04. The molecular formula is C13H16F2N2O. The van der Waals surface area contributed by atoms with Crippen LogP contribution < -0.4 is 5.73 Å². The van der Waals surface area contributed by atoms with Crippen LogP contribution >= 0.6 is 0 Å². The number of nitrogens with zero attached hydrogens (tertiary/aromatic N) is 1. The number of halogens is 2. The van der Waals surface area contributed by atoms with E-state index in [0.29, 0.717) is 13.1 Å². The number of carbonyl (C=O) groups is 1. The summed E-state index contributed by atoms with van der Waals surface area (Å²) in [4.78, 5) is 13.6. The van der Waals surface area contributed by atoms with Gasteiger partial charge in [-0.05, 0) is 31.0 Å². The SMILES string of the molecule is N[C@@H]1CCCN(C(=O)Cc2cc(F)ccc2F)C1. The summed E-state index contributed by atoms with van der Waals surface area (Å²) in [5, 5.41) is 0. The average Bonchev–Trinajstić information content (AvgIpc) is 2.34. The number of nitrogens with two attached hydrogens (primary N) is 1. The molecule has 2 N–H and O–H groups in total. The Hall–Kier alpha value is -1.49. The second-order valence-electron chi connectivity index (χ2n) is 4.65. The number of carbonyl (C=O) groups excluding carboxylic acids is 1. The molecule has 0 saturated carbocycles. The summed E-state index contributed by atoms with van der Waals surface area (Å²) < 4.78 is 26.4. The van der Waals surface area contributed by atoms with E-state index in [-0.39, 0.29) is 23.9 Å². The second-order valence-corrected chi connectivity index (χ2v) is 4.65. The van der Waals surface area contributed by atoms with Gasteiger partial charge >= 0.3 is 0 Å². The van der Waals surface area contributed by atoms with Gasteiger partial charge in [-0.25, -0.2) is 8.78 Å². The zero-order valence-electron chi connectivity index (χ0n) is 10.0. The number of likely N-dealkylation sites (tertiary alicyclic amines) is 1. The summed E-state index contributed by atoms with van der Waals surface area (Å²) in [7, 11) is 0. The fourth-order valence-electron chi connectivity index (χ4n) is 2.19. The Kier molecular flexibility index (Phi) is 3.91. The van der Waals surface area contributed by atoms with Crippen molar-refractivity contribution in [3.8, 4) is 0 Å². The largest absolute Gasteiger partial charge is 0.341 e. The van der Waals surface area contributed by atoms with E-state index in [9.17, 15) is 13.6 Å². The molecule has 0 bridgehead atoms. The van der Waals surface area contributed by atoms with Crippen molar-refractivity contribution in [3.05, 3.63) is 35.4 Å². The maximum absolute atomic E-state index is 13.4. The summed E-state index contributed by atoms with van der Waals surface area (Å²) in [5.74, 6) is -1.28. The Morgan fingerprint density at radius 2 is 2.22 bits per heavy atom. The molecule has 1 saturated heterocycles. The van der Waals surface area contributed by atoms with Gasteiger partial charge in [0.15, 0.2) is 0 Å². The maximum atomic E-state index is 13.4. The first kappa shape index (κ1) is 13.0. The molecule has 0 radical (unpaired) electrons. The Morgan fingerprint density at radius 3 is 2.94 bits per heavy atom. The van der Waals surface area contributed by atoms with E-state index >= 15 is 0 Å². The van der Waals surface area contributed by atoms with E-state index in [1.54, 1.807) is 4.90 Å². The van der Waals surface area contributed by atoms with Crippen LogP contribution in [-0.4, -0.2) is 29.9 Å². The molecule has 0 aliphatic carbocycles. The van der Waals surface area contributed by atoms with Gasteiger partial charge in [0, 0.05) is 24.7 Å². The average molecular weight is 254 g/mol. The fraction of sp³-hybridized carbons (Fsp3) is 0.462. The monoisotopic (exact) mass is 254 g/mol. The Bertz CT molecular complexity index is 451. The molecule has 1 aromatic rings. The van der Waals surface area contributed by atoms with Crippen LogP contribution in [0.2, 0.25) is 0 Å². The van der Waals surface area contributed by atoms with Crippen molar-refractivity contribution in [2.45, 2.75) is 25.3 Å². The molecule has 18 heavy (non-hydrogen) atoms. The van der Waals surface area contributed by atoms with Crippen LogP contribution in [0.15, 0.2) is 18.2 Å². The molecule has 1 amide bonds. The van der Waals surface area contributed by atoms with Crippen molar-refractivity contribution in [2.75, 3.05) is 13.1 Å². The minimum Gasteiger partial charge on any atom is -0.341 e. The number of hydrogen-bond acceptors (Lipinski definition) is 2. The van der Waals surface area contributed by atoms with Gasteiger partial charge in [-0.15, -0.1) is 0 Å². The molecule has 1 aliphatic rings. The third-order valence-corrected chi connectivity index (χ3v) is 3.16. The van der Waals surface area contributed by atoms with Gasteiger partial charge in [0.2, 0.25) is 5.91 Å². The zero-order valence-corrected chi connectivity index (χ0v) is 10.0. The van der Waals surface area contributed by atoms with Gasteiger partial charge in [0.25, 0.3) is 0 Å². The van der Waals surface area contributed by atoms with E-state index < -0.39 is 11.6 Å². The Balaban J connectivity index is 2.04. The minimum atomic E-state index is -0.550. The molecule has 1 fully saturated rings. The summed E-state index contributed by atoms with van der Waals surface area (Å²) in [6.45, 7) is 1.14. The minimum absolute atomic E-state index is 0.0138. The van der Waals surface area contributed by atoms with Crippen LogP contribution in [0.3, 0.4) is 0 Å². The first-order chi connectivity index (χ1) is 8.56. The summed E-state index contributed by atoms with van der Waals surface area (Å²) in [5.41, 5.74) is 5.88. The molecule has 0 spiro atoms. The Labute approximate surface area is 105 Å². The lowest BCUT2D eigenvalue weighted by molar-refractivity contribution is -0.131.